The van der Waals surface area contributed by atoms with Crippen LogP contribution in [0, 0.1) is 37.5 Å². The van der Waals surface area contributed by atoms with E-state index in [1.54, 1.807) is 24.3 Å². The molecule has 146 valence electrons. The monoisotopic (exact) mass is 386 g/mol. The largest absolute Gasteiger partial charge is 0.322 e. The highest BCUT2D eigenvalue weighted by atomic mass is 16.2. The fourth-order valence-electron chi connectivity index (χ4n) is 4.97. The molecule has 1 heterocycles. The summed E-state index contributed by atoms with van der Waals surface area (Å²) in [4.78, 5) is 40.0. The Labute approximate surface area is 169 Å². The number of anilines is 2. The number of imide groups is 1. The molecule has 2 fully saturated rings. The zero-order valence-corrected chi connectivity index (χ0v) is 16.4. The smallest absolute Gasteiger partial charge is 0.255 e. The second-order valence-corrected chi connectivity index (χ2v) is 8.32. The molecule has 0 spiro atoms. The van der Waals surface area contributed by atoms with Crippen molar-refractivity contribution in [2.45, 2.75) is 20.3 Å². The molecule has 5 nitrogen and oxygen atoms in total. The van der Waals surface area contributed by atoms with Crippen molar-refractivity contribution in [2.24, 2.45) is 23.7 Å². The Bertz CT molecular complexity index is 1060. The van der Waals surface area contributed by atoms with Crippen molar-refractivity contribution in [3.63, 3.8) is 0 Å². The number of allylic oxidation sites excluding steroid dienone is 2. The maximum Gasteiger partial charge on any atom is 0.255 e. The van der Waals surface area contributed by atoms with Crippen LogP contribution in [0.4, 0.5) is 11.4 Å². The van der Waals surface area contributed by atoms with E-state index in [1.165, 1.54) is 4.90 Å². The molecule has 1 saturated carbocycles. The van der Waals surface area contributed by atoms with Crippen LogP contribution in [-0.4, -0.2) is 17.7 Å². The van der Waals surface area contributed by atoms with Gasteiger partial charge in [-0.2, -0.15) is 0 Å². The molecule has 0 aromatic heterocycles. The number of fused-ring (bicyclic) bond motifs is 5. The number of hydrogen-bond acceptors (Lipinski definition) is 3. The minimum absolute atomic E-state index is 0.136. The summed E-state index contributed by atoms with van der Waals surface area (Å²) in [6, 6.07) is 12.5. The molecule has 1 aliphatic heterocycles. The zero-order chi connectivity index (χ0) is 20.3. The Morgan fingerprint density at radius 3 is 2.28 bits per heavy atom. The standard InChI is InChI=1S/C24H22N2O3/c1-13-6-9-18(10-14(13)2)25-22(27)17-4-3-5-19(12-17)26-23(28)20-15-7-8-16(11-15)21(20)24(26)29/h3-10,12,15-16,20-21H,11H2,1-2H3,(H,25,27)/t15-,16-,20-,21+/m0/s1. The highest BCUT2D eigenvalue weighted by Gasteiger charge is 2.59. The number of aryl methyl sites for hydroxylation is 2. The van der Waals surface area contributed by atoms with E-state index in [4.69, 9.17) is 0 Å². The van der Waals surface area contributed by atoms with Gasteiger partial charge >= 0.3 is 0 Å². The summed E-state index contributed by atoms with van der Waals surface area (Å²) in [6.45, 7) is 4.01. The number of carbonyl (C=O) groups excluding carboxylic acids is 3. The lowest BCUT2D eigenvalue weighted by Gasteiger charge is -2.18. The molecule has 0 unspecified atom stereocenters. The first-order valence-electron chi connectivity index (χ1n) is 9.99. The summed E-state index contributed by atoms with van der Waals surface area (Å²) in [7, 11) is 0. The number of rotatable bonds is 3. The molecule has 3 amide bonds. The summed E-state index contributed by atoms with van der Waals surface area (Å²) >= 11 is 0. The van der Waals surface area contributed by atoms with Crippen molar-refractivity contribution in [1.82, 2.24) is 0 Å². The van der Waals surface area contributed by atoms with Crippen molar-refractivity contribution in [3.05, 3.63) is 71.3 Å². The Morgan fingerprint density at radius 1 is 0.931 bits per heavy atom. The first kappa shape index (κ1) is 17.9. The van der Waals surface area contributed by atoms with Gasteiger partial charge in [-0.15, -0.1) is 0 Å². The van der Waals surface area contributed by atoms with Crippen LogP contribution in [-0.2, 0) is 9.59 Å². The fraction of sp³-hybridized carbons (Fsp3) is 0.292. The maximum absolute atomic E-state index is 13.0. The zero-order valence-electron chi connectivity index (χ0n) is 16.4. The number of amides is 3. The average Bonchev–Trinajstić information content (AvgIpc) is 3.38. The molecular weight excluding hydrogens is 364 g/mol. The van der Waals surface area contributed by atoms with Crippen LogP contribution in [0.2, 0.25) is 0 Å². The average molecular weight is 386 g/mol. The van der Waals surface area contributed by atoms with E-state index >= 15 is 0 Å². The normalized spacial score (nSPS) is 26.9. The van der Waals surface area contributed by atoms with E-state index in [0.717, 1.165) is 17.5 Å². The summed E-state index contributed by atoms with van der Waals surface area (Å²) < 4.78 is 0. The van der Waals surface area contributed by atoms with Gasteiger partial charge in [0, 0.05) is 11.3 Å². The van der Waals surface area contributed by atoms with Gasteiger partial charge in [-0.05, 0) is 73.6 Å². The molecule has 3 aliphatic rings. The van der Waals surface area contributed by atoms with Crippen LogP contribution in [0.3, 0.4) is 0 Å². The van der Waals surface area contributed by atoms with Gasteiger partial charge in [0.2, 0.25) is 11.8 Å². The van der Waals surface area contributed by atoms with Crippen LogP contribution >= 0.6 is 0 Å². The Morgan fingerprint density at radius 2 is 1.62 bits per heavy atom. The molecule has 2 aromatic rings. The Balaban J connectivity index is 1.40. The van der Waals surface area contributed by atoms with E-state index in [2.05, 4.69) is 17.5 Å². The van der Waals surface area contributed by atoms with Crippen LogP contribution in [0.15, 0.2) is 54.6 Å². The molecule has 5 rings (SSSR count). The molecule has 1 saturated heterocycles. The lowest BCUT2D eigenvalue weighted by atomic mass is 9.85. The van der Waals surface area contributed by atoms with Gasteiger partial charge in [-0.3, -0.25) is 14.4 Å². The quantitative estimate of drug-likeness (QED) is 0.643. The van der Waals surface area contributed by atoms with Crippen molar-refractivity contribution >= 4 is 29.1 Å². The molecule has 5 heteroatoms. The predicted octanol–water partition coefficient (Wildman–Crippen LogP) is 3.87. The van der Waals surface area contributed by atoms with Gasteiger partial charge in [0.05, 0.1) is 17.5 Å². The highest BCUT2D eigenvalue weighted by Crippen LogP contribution is 2.53. The van der Waals surface area contributed by atoms with Crippen molar-refractivity contribution in [1.29, 1.82) is 0 Å². The van der Waals surface area contributed by atoms with Crippen LogP contribution in [0.5, 0.6) is 0 Å². The highest BCUT2D eigenvalue weighted by molar-refractivity contribution is 6.23. The SMILES string of the molecule is Cc1ccc(NC(=O)c2cccc(N3C(=O)[C@@H]4[C@H](C3=O)[C@H]3C=C[C@H]4C3)c2)cc1C. The van der Waals surface area contributed by atoms with Crippen LogP contribution in [0.1, 0.15) is 27.9 Å². The molecule has 1 N–H and O–H groups in total. The molecule has 29 heavy (non-hydrogen) atoms. The molecule has 2 bridgehead atoms. The molecular formula is C24H22N2O3. The third kappa shape index (κ3) is 2.72. The van der Waals surface area contributed by atoms with Gasteiger partial charge in [0.15, 0.2) is 0 Å². The molecule has 2 aromatic carbocycles. The van der Waals surface area contributed by atoms with E-state index in [9.17, 15) is 14.4 Å². The van der Waals surface area contributed by atoms with E-state index < -0.39 is 0 Å². The summed E-state index contributed by atoms with van der Waals surface area (Å²) in [5.41, 5.74) is 3.86. The van der Waals surface area contributed by atoms with Crippen molar-refractivity contribution in [2.75, 3.05) is 10.2 Å². The predicted molar refractivity (Wildman–Crippen MR) is 111 cm³/mol. The fourth-order valence-corrected chi connectivity index (χ4v) is 4.97. The van der Waals surface area contributed by atoms with Crippen LogP contribution in [0.25, 0.3) is 0 Å². The van der Waals surface area contributed by atoms with E-state index in [1.807, 2.05) is 32.0 Å². The van der Waals surface area contributed by atoms with Gasteiger partial charge < -0.3 is 5.32 Å². The first-order chi connectivity index (χ1) is 13.9. The Kier molecular flexibility index (Phi) is 3.95. The topological polar surface area (TPSA) is 66.5 Å². The van der Waals surface area contributed by atoms with Crippen molar-refractivity contribution in [3.8, 4) is 0 Å². The van der Waals surface area contributed by atoms with Crippen molar-refractivity contribution < 1.29 is 14.4 Å². The maximum atomic E-state index is 13.0. The minimum atomic E-state index is -0.267. The Hall–Kier alpha value is -3.21. The number of hydrogen-bond donors (Lipinski definition) is 1. The first-order valence-corrected chi connectivity index (χ1v) is 9.99. The van der Waals surface area contributed by atoms with Gasteiger partial charge in [-0.25, -0.2) is 4.90 Å². The summed E-state index contributed by atoms with van der Waals surface area (Å²) in [5.74, 6) is -0.690. The second-order valence-electron chi connectivity index (χ2n) is 8.32. The minimum Gasteiger partial charge on any atom is -0.322 e. The van der Waals surface area contributed by atoms with Gasteiger partial charge in [-0.1, -0.05) is 24.3 Å². The lowest BCUT2D eigenvalue weighted by Crippen LogP contribution is -2.33. The number of benzene rings is 2. The number of nitrogens with zero attached hydrogens (tertiary/aromatic N) is 1. The second kappa shape index (κ2) is 6.41. The number of nitrogens with one attached hydrogen (secondary N) is 1. The van der Waals surface area contributed by atoms with Gasteiger partial charge in [0.25, 0.3) is 5.91 Å². The molecule has 2 aliphatic carbocycles. The van der Waals surface area contributed by atoms with Crippen LogP contribution < -0.4 is 10.2 Å². The number of carbonyl (C=O) groups is 3. The molecule has 0 radical (unpaired) electrons. The van der Waals surface area contributed by atoms with Gasteiger partial charge in [0.1, 0.15) is 0 Å². The molecule has 4 atom stereocenters. The third-order valence-corrected chi connectivity index (χ3v) is 6.60. The summed E-state index contributed by atoms with van der Waals surface area (Å²) in [6.07, 6.45) is 5.06. The lowest BCUT2D eigenvalue weighted by molar-refractivity contribution is -0.123. The summed E-state index contributed by atoms with van der Waals surface area (Å²) in [5, 5.41) is 2.89. The van der Waals surface area contributed by atoms with E-state index in [0.29, 0.717) is 16.9 Å². The third-order valence-electron chi connectivity index (χ3n) is 6.60. The van der Waals surface area contributed by atoms with E-state index in [-0.39, 0.29) is 41.4 Å².